The summed E-state index contributed by atoms with van der Waals surface area (Å²) in [5.74, 6) is -0.243. The number of aromatic nitrogens is 1. The van der Waals surface area contributed by atoms with Crippen molar-refractivity contribution in [2.24, 2.45) is 0 Å². The second-order valence-corrected chi connectivity index (χ2v) is 6.66. The van der Waals surface area contributed by atoms with Gasteiger partial charge in [-0.15, -0.1) is 0 Å². The lowest BCUT2D eigenvalue weighted by molar-refractivity contribution is -0.121. The van der Waals surface area contributed by atoms with E-state index in [1.54, 1.807) is 29.2 Å². The zero-order valence-corrected chi connectivity index (χ0v) is 16.0. The SMILES string of the molecule is CC(=O)c1ccc(N(CCNC(=O)Cc2c[nH]c3ccccc23)C(C)=O)cc1. The summed E-state index contributed by atoms with van der Waals surface area (Å²) in [6.07, 6.45) is 2.13. The van der Waals surface area contributed by atoms with Crippen LogP contribution in [0.4, 0.5) is 5.69 Å². The van der Waals surface area contributed by atoms with Crippen molar-refractivity contribution in [1.29, 1.82) is 0 Å². The molecule has 0 aliphatic rings. The van der Waals surface area contributed by atoms with Crippen LogP contribution in [0.25, 0.3) is 10.9 Å². The summed E-state index contributed by atoms with van der Waals surface area (Å²) in [6, 6.07) is 14.7. The summed E-state index contributed by atoms with van der Waals surface area (Å²) < 4.78 is 0. The van der Waals surface area contributed by atoms with Gasteiger partial charge in [0.15, 0.2) is 5.78 Å². The molecule has 0 bridgehead atoms. The first-order valence-corrected chi connectivity index (χ1v) is 9.16. The van der Waals surface area contributed by atoms with Crippen LogP contribution in [0.2, 0.25) is 0 Å². The molecule has 2 amide bonds. The first-order valence-electron chi connectivity index (χ1n) is 9.16. The molecule has 6 nitrogen and oxygen atoms in total. The summed E-state index contributed by atoms with van der Waals surface area (Å²) in [4.78, 5) is 40.4. The lowest BCUT2D eigenvalue weighted by atomic mass is 10.1. The van der Waals surface area contributed by atoms with Gasteiger partial charge in [-0.25, -0.2) is 0 Å². The molecule has 1 aromatic heterocycles. The zero-order valence-electron chi connectivity index (χ0n) is 16.0. The summed E-state index contributed by atoms with van der Waals surface area (Å²) >= 11 is 0. The third-order valence-corrected chi connectivity index (χ3v) is 4.65. The number of nitrogens with zero attached hydrogens (tertiary/aromatic N) is 1. The van der Waals surface area contributed by atoms with E-state index in [0.717, 1.165) is 16.5 Å². The number of carbonyl (C=O) groups is 3. The van der Waals surface area contributed by atoms with Crippen molar-refractivity contribution in [3.63, 3.8) is 0 Å². The van der Waals surface area contributed by atoms with Crippen molar-refractivity contribution in [2.45, 2.75) is 20.3 Å². The Morgan fingerprint density at radius 3 is 2.39 bits per heavy atom. The Morgan fingerprint density at radius 1 is 1.00 bits per heavy atom. The van der Waals surface area contributed by atoms with Gasteiger partial charge in [0.1, 0.15) is 0 Å². The molecule has 144 valence electrons. The van der Waals surface area contributed by atoms with Crippen molar-refractivity contribution < 1.29 is 14.4 Å². The highest BCUT2D eigenvalue weighted by molar-refractivity contribution is 5.96. The maximum Gasteiger partial charge on any atom is 0.224 e. The fraction of sp³-hybridized carbons (Fsp3) is 0.227. The van der Waals surface area contributed by atoms with E-state index in [1.165, 1.54) is 13.8 Å². The largest absolute Gasteiger partial charge is 0.361 e. The molecule has 0 unspecified atom stereocenters. The number of para-hydroxylation sites is 1. The van der Waals surface area contributed by atoms with E-state index in [1.807, 2.05) is 30.5 Å². The molecule has 2 aromatic carbocycles. The van der Waals surface area contributed by atoms with Gasteiger partial charge in [0.05, 0.1) is 6.42 Å². The first-order chi connectivity index (χ1) is 13.5. The Kier molecular flexibility index (Phi) is 5.89. The number of amides is 2. The average Bonchev–Trinajstić information content (AvgIpc) is 3.08. The van der Waals surface area contributed by atoms with Gasteiger partial charge in [-0.05, 0) is 42.8 Å². The molecule has 6 heteroatoms. The van der Waals surface area contributed by atoms with Gasteiger partial charge in [0.2, 0.25) is 11.8 Å². The second kappa shape index (κ2) is 8.52. The van der Waals surface area contributed by atoms with Gasteiger partial charge in [-0.1, -0.05) is 18.2 Å². The lowest BCUT2D eigenvalue weighted by Gasteiger charge is -2.21. The van der Waals surface area contributed by atoms with E-state index >= 15 is 0 Å². The summed E-state index contributed by atoms with van der Waals surface area (Å²) in [7, 11) is 0. The Hall–Kier alpha value is -3.41. The number of Topliss-reactive ketones (excluding diaryl/α,β-unsaturated/α-hetero) is 1. The molecule has 0 saturated heterocycles. The molecule has 3 rings (SSSR count). The molecule has 0 radical (unpaired) electrons. The normalized spacial score (nSPS) is 10.6. The number of ketones is 1. The molecular weight excluding hydrogens is 354 g/mol. The molecule has 0 saturated carbocycles. The average molecular weight is 377 g/mol. The predicted octanol–water partition coefficient (Wildman–Crippen LogP) is 3.08. The Bertz CT molecular complexity index is 1010. The van der Waals surface area contributed by atoms with Crippen LogP contribution in [0, 0.1) is 0 Å². The van der Waals surface area contributed by atoms with Gasteiger partial charge in [-0.2, -0.15) is 0 Å². The monoisotopic (exact) mass is 377 g/mol. The van der Waals surface area contributed by atoms with Crippen LogP contribution in [0.15, 0.2) is 54.7 Å². The third-order valence-electron chi connectivity index (χ3n) is 4.65. The maximum atomic E-state index is 12.3. The van der Waals surface area contributed by atoms with Gasteiger partial charge in [0.25, 0.3) is 0 Å². The smallest absolute Gasteiger partial charge is 0.224 e. The number of anilines is 1. The second-order valence-electron chi connectivity index (χ2n) is 6.66. The van der Waals surface area contributed by atoms with Crippen LogP contribution in [-0.4, -0.2) is 35.7 Å². The van der Waals surface area contributed by atoms with Crippen LogP contribution in [0.1, 0.15) is 29.8 Å². The van der Waals surface area contributed by atoms with Crippen molar-refractivity contribution in [3.8, 4) is 0 Å². The number of hydrogen-bond acceptors (Lipinski definition) is 3. The van der Waals surface area contributed by atoms with Gasteiger partial charge in [0, 0.05) is 48.4 Å². The van der Waals surface area contributed by atoms with Gasteiger partial charge >= 0.3 is 0 Å². The minimum atomic E-state index is -0.124. The Morgan fingerprint density at radius 2 is 1.71 bits per heavy atom. The van der Waals surface area contributed by atoms with E-state index in [0.29, 0.717) is 24.3 Å². The van der Waals surface area contributed by atoms with Crippen molar-refractivity contribution in [1.82, 2.24) is 10.3 Å². The Balaban J connectivity index is 1.57. The fourth-order valence-corrected chi connectivity index (χ4v) is 3.16. The van der Waals surface area contributed by atoms with E-state index < -0.39 is 0 Å². The minimum absolute atomic E-state index is 0.0227. The number of H-pyrrole nitrogens is 1. The van der Waals surface area contributed by atoms with Crippen molar-refractivity contribution in [3.05, 3.63) is 65.9 Å². The van der Waals surface area contributed by atoms with Crippen LogP contribution in [0.5, 0.6) is 0 Å². The van der Waals surface area contributed by atoms with Crippen molar-refractivity contribution >= 4 is 34.2 Å². The van der Waals surface area contributed by atoms with Crippen LogP contribution in [-0.2, 0) is 16.0 Å². The number of carbonyl (C=O) groups excluding carboxylic acids is 3. The summed E-state index contributed by atoms with van der Waals surface area (Å²) in [5, 5.41) is 3.91. The minimum Gasteiger partial charge on any atom is -0.361 e. The number of rotatable bonds is 7. The molecule has 28 heavy (non-hydrogen) atoms. The molecule has 3 aromatic rings. The molecule has 0 atom stereocenters. The topological polar surface area (TPSA) is 82.3 Å². The maximum absolute atomic E-state index is 12.3. The predicted molar refractivity (Wildman–Crippen MR) is 109 cm³/mol. The fourth-order valence-electron chi connectivity index (χ4n) is 3.16. The molecule has 0 fully saturated rings. The number of benzene rings is 2. The number of fused-ring (bicyclic) bond motifs is 1. The van der Waals surface area contributed by atoms with E-state index in [-0.39, 0.29) is 24.0 Å². The quantitative estimate of drug-likeness (QED) is 0.621. The highest BCUT2D eigenvalue weighted by Gasteiger charge is 2.13. The lowest BCUT2D eigenvalue weighted by Crippen LogP contribution is -2.38. The first kappa shape index (κ1) is 19.4. The van der Waals surface area contributed by atoms with Crippen LogP contribution >= 0.6 is 0 Å². The molecule has 1 heterocycles. The molecule has 0 spiro atoms. The molecule has 0 aliphatic carbocycles. The Labute approximate surface area is 163 Å². The highest BCUT2D eigenvalue weighted by atomic mass is 16.2. The molecule has 0 aliphatic heterocycles. The van der Waals surface area contributed by atoms with E-state index in [4.69, 9.17) is 0 Å². The number of aromatic amines is 1. The molecular formula is C22H23N3O3. The van der Waals surface area contributed by atoms with Crippen LogP contribution in [0.3, 0.4) is 0 Å². The number of hydrogen-bond donors (Lipinski definition) is 2. The van der Waals surface area contributed by atoms with E-state index in [9.17, 15) is 14.4 Å². The van der Waals surface area contributed by atoms with Crippen molar-refractivity contribution in [2.75, 3.05) is 18.0 Å². The molecule has 2 N–H and O–H groups in total. The standard InChI is InChI=1S/C22H23N3O3/c1-15(26)17-7-9-19(10-8-17)25(16(2)27)12-11-23-22(28)13-18-14-24-21-6-4-3-5-20(18)21/h3-10,14,24H,11-13H2,1-2H3,(H,23,28). The summed E-state index contributed by atoms with van der Waals surface area (Å²) in [5.41, 5.74) is 3.24. The number of nitrogens with one attached hydrogen (secondary N) is 2. The van der Waals surface area contributed by atoms with Crippen LogP contribution < -0.4 is 10.2 Å². The third kappa shape index (κ3) is 4.46. The highest BCUT2D eigenvalue weighted by Crippen LogP contribution is 2.18. The van der Waals surface area contributed by atoms with Gasteiger partial charge < -0.3 is 15.2 Å². The zero-order chi connectivity index (χ0) is 20.1. The van der Waals surface area contributed by atoms with E-state index in [2.05, 4.69) is 10.3 Å². The summed E-state index contributed by atoms with van der Waals surface area (Å²) in [6.45, 7) is 3.68. The van der Waals surface area contributed by atoms with Gasteiger partial charge in [-0.3, -0.25) is 14.4 Å².